The van der Waals surface area contributed by atoms with Crippen molar-refractivity contribution in [3.05, 3.63) is 52.3 Å². The SMILES string of the molecule is Cc1c(Cc2c(CCO[Si](C)(C)C(C)(C)C)nc3c(N)cc(N4CCOCC4)nn23)cccc1C(F)(F)F. The molecule has 7 nitrogen and oxygen atoms in total. The number of hydrogen-bond acceptors (Lipinski definition) is 6. The van der Waals surface area contributed by atoms with Gasteiger partial charge in [-0.2, -0.15) is 13.2 Å². The number of halogens is 3. The Bertz CT molecular complexity index is 1290. The lowest BCUT2D eigenvalue weighted by atomic mass is 9.97. The molecule has 2 N–H and O–H groups in total. The van der Waals surface area contributed by atoms with E-state index in [0.717, 1.165) is 17.5 Å². The highest BCUT2D eigenvalue weighted by molar-refractivity contribution is 6.74. The summed E-state index contributed by atoms with van der Waals surface area (Å²) in [6, 6.07) is 6.11. The molecule has 3 heterocycles. The highest BCUT2D eigenvalue weighted by Gasteiger charge is 2.37. The van der Waals surface area contributed by atoms with E-state index in [1.165, 1.54) is 13.0 Å². The maximum absolute atomic E-state index is 13.7. The number of imidazole rings is 1. The molecule has 0 aliphatic carbocycles. The highest BCUT2D eigenvalue weighted by atomic mass is 28.4. The first-order valence-corrected chi connectivity index (χ1v) is 15.9. The van der Waals surface area contributed by atoms with Crippen LogP contribution in [0.3, 0.4) is 0 Å². The molecule has 11 heteroatoms. The molecule has 1 aliphatic rings. The number of benzene rings is 1. The van der Waals surface area contributed by atoms with Gasteiger partial charge in [0.15, 0.2) is 19.8 Å². The molecule has 0 atom stereocenters. The minimum Gasteiger partial charge on any atom is -0.416 e. The molecule has 0 amide bonds. The fourth-order valence-corrected chi connectivity index (χ4v) is 5.47. The summed E-state index contributed by atoms with van der Waals surface area (Å²) in [5.41, 5.74) is 9.03. The lowest BCUT2D eigenvalue weighted by Gasteiger charge is -2.36. The normalized spacial score (nSPS) is 15.4. The monoisotopic (exact) mass is 549 g/mol. The Balaban J connectivity index is 1.76. The number of nitrogens with zero attached hydrogens (tertiary/aromatic N) is 4. The van der Waals surface area contributed by atoms with Gasteiger partial charge in [0, 0.05) is 38.6 Å². The van der Waals surface area contributed by atoms with E-state index >= 15 is 0 Å². The number of nitrogen functional groups attached to an aromatic ring is 1. The van der Waals surface area contributed by atoms with E-state index in [9.17, 15) is 13.2 Å². The van der Waals surface area contributed by atoms with E-state index < -0.39 is 20.1 Å². The van der Waals surface area contributed by atoms with Gasteiger partial charge in [0.1, 0.15) is 0 Å². The molecule has 4 rings (SSSR count). The average molecular weight is 550 g/mol. The Labute approximate surface area is 223 Å². The van der Waals surface area contributed by atoms with Crippen LogP contribution in [0.25, 0.3) is 5.65 Å². The van der Waals surface area contributed by atoms with E-state index in [0.29, 0.717) is 62.0 Å². The van der Waals surface area contributed by atoms with Gasteiger partial charge < -0.3 is 19.8 Å². The molecule has 0 unspecified atom stereocenters. The number of ether oxygens (including phenoxy) is 1. The lowest BCUT2D eigenvalue weighted by molar-refractivity contribution is -0.138. The Morgan fingerprint density at radius 1 is 1.13 bits per heavy atom. The number of fused-ring (bicyclic) bond motifs is 1. The van der Waals surface area contributed by atoms with Crippen LogP contribution < -0.4 is 10.6 Å². The minimum absolute atomic E-state index is 0.0585. The summed E-state index contributed by atoms with van der Waals surface area (Å²) in [5.74, 6) is 0.696. The molecule has 2 aromatic heterocycles. The average Bonchev–Trinajstić information content (AvgIpc) is 3.17. The van der Waals surface area contributed by atoms with Gasteiger partial charge in [-0.3, -0.25) is 0 Å². The van der Waals surface area contributed by atoms with E-state index in [4.69, 9.17) is 25.0 Å². The van der Waals surface area contributed by atoms with Crippen LogP contribution in [0.5, 0.6) is 0 Å². The molecule has 1 aromatic carbocycles. The molecule has 1 aliphatic heterocycles. The number of hydrogen-bond donors (Lipinski definition) is 1. The second kappa shape index (κ2) is 10.5. The Morgan fingerprint density at radius 3 is 2.45 bits per heavy atom. The third kappa shape index (κ3) is 5.84. The topological polar surface area (TPSA) is 77.9 Å². The van der Waals surface area contributed by atoms with E-state index in [2.05, 4.69) is 38.8 Å². The van der Waals surface area contributed by atoms with Crippen LogP contribution in [0.1, 0.15) is 48.8 Å². The number of morpholine rings is 1. The van der Waals surface area contributed by atoms with Crippen LogP contribution in [0.2, 0.25) is 18.1 Å². The van der Waals surface area contributed by atoms with Gasteiger partial charge in [0.25, 0.3) is 0 Å². The van der Waals surface area contributed by atoms with Crippen molar-refractivity contribution in [2.45, 2.75) is 64.8 Å². The molecular weight excluding hydrogens is 511 g/mol. The predicted molar refractivity (Wildman–Crippen MR) is 146 cm³/mol. The van der Waals surface area contributed by atoms with Crippen molar-refractivity contribution in [3.8, 4) is 0 Å². The molecule has 1 fully saturated rings. The first-order chi connectivity index (χ1) is 17.7. The fourth-order valence-electron chi connectivity index (χ4n) is 4.43. The van der Waals surface area contributed by atoms with Gasteiger partial charge in [0.05, 0.1) is 35.9 Å². The molecule has 38 heavy (non-hydrogen) atoms. The van der Waals surface area contributed by atoms with Crippen LogP contribution in [-0.2, 0) is 28.2 Å². The Kier molecular flexibility index (Phi) is 7.84. The Morgan fingerprint density at radius 2 is 1.82 bits per heavy atom. The van der Waals surface area contributed by atoms with Crippen LogP contribution in [0.15, 0.2) is 24.3 Å². The zero-order chi connectivity index (χ0) is 27.9. The number of alkyl halides is 3. The summed E-state index contributed by atoms with van der Waals surface area (Å²) in [5, 5.41) is 4.92. The van der Waals surface area contributed by atoms with Gasteiger partial charge in [-0.25, -0.2) is 9.50 Å². The van der Waals surface area contributed by atoms with E-state index in [1.54, 1.807) is 10.6 Å². The number of anilines is 2. The second-order valence-corrected chi connectivity index (χ2v) is 16.2. The summed E-state index contributed by atoms with van der Waals surface area (Å²) in [6.07, 6.45) is -3.67. The summed E-state index contributed by atoms with van der Waals surface area (Å²) in [4.78, 5) is 6.92. The van der Waals surface area contributed by atoms with Crippen molar-refractivity contribution < 1.29 is 22.3 Å². The van der Waals surface area contributed by atoms with E-state index in [-0.39, 0.29) is 17.0 Å². The van der Waals surface area contributed by atoms with Crippen molar-refractivity contribution in [3.63, 3.8) is 0 Å². The van der Waals surface area contributed by atoms with Gasteiger partial charge in [-0.05, 0) is 42.2 Å². The van der Waals surface area contributed by atoms with Crippen LogP contribution in [0, 0.1) is 6.92 Å². The summed E-state index contributed by atoms with van der Waals surface area (Å²) >= 11 is 0. The molecule has 3 aromatic rings. The summed E-state index contributed by atoms with van der Waals surface area (Å²) < 4.78 is 54.5. The van der Waals surface area contributed by atoms with Crippen molar-refractivity contribution in [1.29, 1.82) is 0 Å². The molecule has 0 bridgehead atoms. The van der Waals surface area contributed by atoms with Crippen LogP contribution >= 0.6 is 0 Å². The van der Waals surface area contributed by atoms with Gasteiger partial charge in [-0.1, -0.05) is 32.9 Å². The van der Waals surface area contributed by atoms with E-state index in [1.807, 2.05) is 6.07 Å². The minimum atomic E-state index is -4.43. The third-order valence-electron chi connectivity index (χ3n) is 7.83. The fraction of sp³-hybridized carbons (Fsp3) is 0.556. The first kappa shape index (κ1) is 28.4. The second-order valence-electron chi connectivity index (χ2n) is 11.4. The zero-order valence-electron chi connectivity index (χ0n) is 23.1. The standard InChI is InChI=1S/C27H38F3N5O2Si/c1-18-19(8-7-9-20(18)27(28,29)30)16-23-22(10-13-37-38(5,6)26(2,3)4)32-25-21(31)17-24(33-35(23)25)34-11-14-36-15-12-34/h7-9,17H,10-16,31H2,1-6H3. The van der Waals surface area contributed by atoms with Crippen molar-refractivity contribution in [2.24, 2.45) is 0 Å². The quantitative estimate of drug-likeness (QED) is 0.385. The van der Waals surface area contributed by atoms with Crippen molar-refractivity contribution in [1.82, 2.24) is 14.6 Å². The maximum Gasteiger partial charge on any atom is 0.416 e. The molecule has 208 valence electrons. The Hall–Kier alpha value is -2.63. The summed E-state index contributed by atoms with van der Waals surface area (Å²) in [6.45, 7) is 15.5. The molecule has 0 saturated carbocycles. The van der Waals surface area contributed by atoms with Crippen molar-refractivity contribution in [2.75, 3.05) is 43.5 Å². The van der Waals surface area contributed by atoms with Gasteiger partial charge >= 0.3 is 6.18 Å². The molecule has 1 saturated heterocycles. The number of rotatable bonds is 7. The highest BCUT2D eigenvalue weighted by Crippen LogP contribution is 2.37. The first-order valence-electron chi connectivity index (χ1n) is 13.0. The maximum atomic E-state index is 13.7. The van der Waals surface area contributed by atoms with Crippen LogP contribution in [0.4, 0.5) is 24.7 Å². The largest absolute Gasteiger partial charge is 0.416 e. The van der Waals surface area contributed by atoms with Gasteiger partial charge in [0.2, 0.25) is 0 Å². The smallest absolute Gasteiger partial charge is 0.416 e. The third-order valence-corrected chi connectivity index (χ3v) is 12.4. The zero-order valence-corrected chi connectivity index (χ0v) is 24.1. The van der Waals surface area contributed by atoms with Gasteiger partial charge in [-0.15, -0.1) is 5.10 Å². The van der Waals surface area contributed by atoms with Crippen LogP contribution in [-0.4, -0.2) is 55.8 Å². The number of nitrogens with two attached hydrogens (primary N) is 1. The van der Waals surface area contributed by atoms with Crippen molar-refractivity contribution >= 4 is 25.5 Å². The lowest BCUT2D eigenvalue weighted by Crippen LogP contribution is -2.41. The predicted octanol–water partition coefficient (Wildman–Crippen LogP) is 5.63. The summed E-state index contributed by atoms with van der Waals surface area (Å²) in [7, 11) is -1.99. The molecular formula is C27H38F3N5O2Si. The molecule has 0 radical (unpaired) electrons. The molecule has 0 spiro atoms. The number of aromatic nitrogens is 3.